The van der Waals surface area contributed by atoms with Gasteiger partial charge in [-0.1, -0.05) is 23.8 Å². The number of morpholine rings is 1. The van der Waals surface area contributed by atoms with E-state index >= 15 is 0 Å². The molecule has 0 bridgehead atoms. The van der Waals surface area contributed by atoms with Gasteiger partial charge in [0.1, 0.15) is 6.10 Å². The molecule has 3 rings (SSSR count). The summed E-state index contributed by atoms with van der Waals surface area (Å²) in [7, 11) is 1.84. The smallest absolute Gasteiger partial charge is 0.193 e. The average molecular weight is 500 g/mol. The predicted octanol–water partition coefficient (Wildman–Crippen LogP) is 3.88. The molecule has 0 aliphatic carbocycles. The lowest BCUT2D eigenvalue weighted by Gasteiger charge is -2.35. The van der Waals surface area contributed by atoms with Crippen molar-refractivity contribution < 1.29 is 4.74 Å². The summed E-state index contributed by atoms with van der Waals surface area (Å²) in [5, 5.41) is 6.73. The minimum Gasteiger partial charge on any atom is -0.370 e. The molecule has 148 valence electrons. The van der Waals surface area contributed by atoms with E-state index in [1.165, 1.54) is 16.7 Å². The SMILES string of the molecule is CN=C(NCCc1csc(C)n1)N1CCOC(c2ccc(C)cc2C)C1.I. The zero-order valence-electron chi connectivity index (χ0n) is 16.5. The number of hydrogen-bond acceptors (Lipinski definition) is 4. The maximum absolute atomic E-state index is 6.05. The minimum absolute atomic E-state index is 0. The third-order valence-electron chi connectivity index (χ3n) is 4.68. The second-order valence-electron chi connectivity index (χ2n) is 6.75. The number of hydrogen-bond donors (Lipinski definition) is 1. The normalized spacial score (nSPS) is 17.6. The van der Waals surface area contributed by atoms with Gasteiger partial charge in [0.25, 0.3) is 0 Å². The molecule has 2 heterocycles. The molecule has 1 fully saturated rings. The van der Waals surface area contributed by atoms with Crippen LogP contribution in [0.5, 0.6) is 0 Å². The van der Waals surface area contributed by atoms with Crippen molar-refractivity contribution in [2.45, 2.75) is 33.3 Å². The van der Waals surface area contributed by atoms with Crippen molar-refractivity contribution in [2.75, 3.05) is 33.3 Å². The van der Waals surface area contributed by atoms with Gasteiger partial charge in [0.15, 0.2) is 5.96 Å². The second-order valence-corrected chi connectivity index (χ2v) is 7.81. The van der Waals surface area contributed by atoms with Gasteiger partial charge in [-0.15, -0.1) is 35.3 Å². The molecule has 1 aromatic heterocycles. The molecule has 0 spiro atoms. The first-order chi connectivity index (χ1) is 12.6. The van der Waals surface area contributed by atoms with Crippen molar-refractivity contribution in [3.05, 3.63) is 51.0 Å². The van der Waals surface area contributed by atoms with Gasteiger partial charge in [-0.2, -0.15) is 0 Å². The molecule has 1 aromatic carbocycles. The van der Waals surface area contributed by atoms with Crippen LogP contribution in [0.2, 0.25) is 0 Å². The summed E-state index contributed by atoms with van der Waals surface area (Å²) >= 11 is 1.70. The van der Waals surface area contributed by atoms with E-state index in [4.69, 9.17) is 4.74 Å². The molecule has 0 saturated carbocycles. The summed E-state index contributed by atoms with van der Waals surface area (Å²) in [6, 6.07) is 6.58. The lowest BCUT2D eigenvalue weighted by Crippen LogP contribution is -2.48. The first kappa shape index (κ1) is 22.1. The number of nitrogens with one attached hydrogen (secondary N) is 1. The number of halogens is 1. The fraction of sp³-hybridized carbons (Fsp3) is 0.500. The van der Waals surface area contributed by atoms with Crippen molar-refractivity contribution in [3.8, 4) is 0 Å². The summed E-state index contributed by atoms with van der Waals surface area (Å²) in [6.45, 7) is 9.55. The van der Waals surface area contributed by atoms with Crippen LogP contribution in [0.1, 0.15) is 33.5 Å². The van der Waals surface area contributed by atoms with Crippen molar-refractivity contribution in [1.29, 1.82) is 0 Å². The van der Waals surface area contributed by atoms with Crippen molar-refractivity contribution in [2.24, 2.45) is 4.99 Å². The summed E-state index contributed by atoms with van der Waals surface area (Å²) in [5.74, 6) is 0.940. The molecule has 27 heavy (non-hydrogen) atoms. The highest BCUT2D eigenvalue weighted by atomic mass is 127. The van der Waals surface area contributed by atoms with Gasteiger partial charge in [0.05, 0.1) is 23.9 Å². The molecule has 1 atom stereocenters. The number of aryl methyl sites for hydroxylation is 3. The monoisotopic (exact) mass is 500 g/mol. The van der Waals surface area contributed by atoms with E-state index in [1.54, 1.807) is 11.3 Å². The van der Waals surface area contributed by atoms with Crippen LogP contribution in [0.25, 0.3) is 0 Å². The maximum atomic E-state index is 6.05. The third-order valence-corrected chi connectivity index (χ3v) is 5.50. The fourth-order valence-electron chi connectivity index (χ4n) is 3.37. The van der Waals surface area contributed by atoms with Gasteiger partial charge in [0.2, 0.25) is 0 Å². The van der Waals surface area contributed by atoms with Crippen molar-refractivity contribution >= 4 is 41.3 Å². The molecule has 1 aliphatic rings. The highest BCUT2D eigenvalue weighted by Crippen LogP contribution is 2.25. The van der Waals surface area contributed by atoms with Crippen molar-refractivity contribution in [3.63, 3.8) is 0 Å². The standard InChI is InChI=1S/C20H28N4OS.HI/c1-14-5-6-18(15(2)11-14)19-12-24(9-10-25-19)20(21-4)22-8-7-17-13-26-16(3)23-17;/h5-6,11,13,19H,7-10,12H2,1-4H3,(H,21,22);1H. The Balaban J connectivity index is 0.00000261. The molecular formula is C20H29IN4OS. The number of nitrogens with zero attached hydrogens (tertiary/aromatic N) is 3. The van der Waals surface area contributed by atoms with Gasteiger partial charge in [-0.25, -0.2) is 4.98 Å². The number of rotatable bonds is 4. The zero-order valence-corrected chi connectivity index (χ0v) is 19.6. The lowest BCUT2D eigenvalue weighted by molar-refractivity contribution is -0.00830. The van der Waals surface area contributed by atoms with Gasteiger partial charge in [0, 0.05) is 31.9 Å². The van der Waals surface area contributed by atoms with E-state index < -0.39 is 0 Å². The van der Waals surface area contributed by atoms with Crippen LogP contribution in [-0.2, 0) is 11.2 Å². The Kier molecular flexibility index (Phi) is 8.50. The summed E-state index contributed by atoms with van der Waals surface area (Å²) in [5.41, 5.74) is 4.99. The average Bonchev–Trinajstić information content (AvgIpc) is 3.04. The van der Waals surface area contributed by atoms with E-state index in [0.29, 0.717) is 6.61 Å². The van der Waals surface area contributed by atoms with Crippen LogP contribution < -0.4 is 5.32 Å². The molecule has 1 unspecified atom stereocenters. The second kappa shape index (κ2) is 10.4. The van der Waals surface area contributed by atoms with Gasteiger partial charge in [-0.05, 0) is 31.9 Å². The molecule has 1 aliphatic heterocycles. The first-order valence-electron chi connectivity index (χ1n) is 9.12. The molecule has 1 N–H and O–H groups in total. The summed E-state index contributed by atoms with van der Waals surface area (Å²) in [4.78, 5) is 11.3. The van der Waals surface area contributed by atoms with Gasteiger partial charge in [-0.3, -0.25) is 4.99 Å². The number of aliphatic imine (C=N–C) groups is 1. The Morgan fingerprint density at radius 2 is 2.19 bits per heavy atom. The Morgan fingerprint density at radius 1 is 1.37 bits per heavy atom. The third kappa shape index (κ3) is 5.89. The zero-order chi connectivity index (χ0) is 18.5. The summed E-state index contributed by atoms with van der Waals surface area (Å²) < 4.78 is 6.05. The molecule has 0 amide bonds. The number of guanidine groups is 1. The van der Waals surface area contributed by atoms with Crippen molar-refractivity contribution in [1.82, 2.24) is 15.2 Å². The maximum Gasteiger partial charge on any atom is 0.193 e. The fourth-order valence-corrected chi connectivity index (χ4v) is 4.02. The molecule has 5 nitrogen and oxygen atoms in total. The van der Waals surface area contributed by atoms with Crippen LogP contribution in [0.4, 0.5) is 0 Å². The van der Waals surface area contributed by atoms with E-state index in [1.807, 2.05) is 14.0 Å². The van der Waals surface area contributed by atoms with E-state index in [2.05, 4.69) is 57.6 Å². The predicted molar refractivity (Wildman–Crippen MR) is 124 cm³/mol. The molecule has 0 radical (unpaired) electrons. The molecule has 7 heteroatoms. The van der Waals surface area contributed by atoms with Crippen LogP contribution in [0, 0.1) is 20.8 Å². The number of aromatic nitrogens is 1. The molecule has 2 aromatic rings. The molecular weight excluding hydrogens is 471 g/mol. The Morgan fingerprint density at radius 3 is 2.85 bits per heavy atom. The van der Waals surface area contributed by atoms with E-state index in [0.717, 1.165) is 42.7 Å². The number of thiazole rings is 1. The minimum atomic E-state index is 0. The van der Waals surface area contributed by atoms with Crippen LogP contribution in [0.3, 0.4) is 0 Å². The van der Waals surface area contributed by atoms with Crippen LogP contribution in [-0.4, -0.2) is 49.1 Å². The number of ether oxygens (including phenoxy) is 1. The van der Waals surface area contributed by atoms with E-state index in [9.17, 15) is 0 Å². The van der Waals surface area contributed by atoms with E-state index in [-0.39, 0.29) is 30.1 Å². The highest BCUT2D eigenvalue weighted by Gasteiger charge is 2.25. The summed E-state index contributed by atoms with van der Waals surface area (Å²) in [6.07, 6.45) is 0.998. The van der Waals surface area contributed by atoms with Crippen LogP contribution in [0.15, 0.2) is 28.6 Å². The largest absolute Gasteiger partial charge is 0.370 e. The topological polar surface area (TPSA) is 49.8 Å². The molecule has 1 saturated heterocycles. The van der Waals surface area contributed by atoms with Gasteiger partial charge < -0.3 is 15.0 Å². The van der Waals surface area contributed by atoms with Gasteiger partial charge >= 0.3 is 0 Å². The highest BCUT2D eigenvalue weighted by molar-refractivity contribution is 14.0. The quantitative estimate of drug-likeness (QED) is 0.394. The van der Waals surface area contributed by atoms with Crippen LogP contribution >= 0.6 is 35.3 Å². The Labute approximate surface area is 183 Å². The first-order valence-corrected chi connectivity index (χ1v) is 10.00. The number of benzene rings is 1. The lowest BCUT2D eigenvalue weighted by atomic mass is 10.00. The Hall–Kier alpha value is -1.19. The Bertz CT molecular complexity index is 777.